The van der Waals surface area contributed by atoms with Gasteiger partial charge in [-0.15, -0.1) is 0 Å². The van der Waals surface area contributed by atoms with E-state index in [1.54, 1.807) is 11.0 Å². The lowest BCUT2D eigenvalue weighted by atomic mass is 10.1. The smallest absolute Gasteiger partial charge is 0.494 e. The van der Waals surface area contributed by atoms with Gasteiger partial charge in [-0.25, -0.2) is 4.79 Å². The highest BCUT2D eigenvalue weighted by molar-refractivity contribution is 6.43. The van der Waals surface area contributed by atoms with E-state index in [1.807, 2.05) is 42.5 Å². The number of aliphatic hydroxyl groups excluding tert-OH is 1. The van der Waals surface area contributed by atoms with Gasteiger partial charge in [-0.05, 0) is 61.7 Å². The number of aliphatic hydroxyl groups is 1. The number of piperazine rings is 1. The lowest BCUT2D eigenvalue weighted by Crippen LogP contribution is -2.46. The quantitative estimate of drug-likeness (QED) is 0.211. The van der Waals surface area contributed by atoms with Crippen LogP contribution < -0.4 is 14.5 Å². The Balaban J connectivity index is 1.18. The molecule has 2 heterocycles. The van der Waals surface area contributed by atoms with Crippen molar-refractivity contribution in [3.05, 3.63) is 58.1 Å². The van der Waals surface area contributed by atoms with Crippen LogP contribution in [0.25, 0.3) is 6.08 Å². The van der Waals surface area contributed by atoms with E-state index in [4.69, 9.17) is 37.4 Å². The Morgan fingerprint density at radius 2 is 1.77 bits per heavy atom. The third kappa shape index (κ3) is 8.43. The first kappa shape index (κ1) is 30.3. The molecule has 0 radical (unpaired) electrons. The minimum Gasteiger partial charge on any atom is -0.494 e. The second-order valence-electron chi connectivity index (χ2n) is 10.00. The van der Waals surface area contributed by atoms with Crippen molar-refractivity contribution in [2.45, 2.75) is 45.3 Å². The first-order chi connectivity index (χ1) is 19.5. The number of carbonyl (C=O) groups is 1. The van der Waals surface area contributed by atoms with Gasteiger partial charge in [-0.1, -0.05) is 55.1 Å². The summed E-state index contributed by atoms with van der Waals surface area (Å²) in [6, 6.07) is 11.5. The second-order valence-corrected chi connectivity index (χ2v) is 10.8. The van der Waals surface area contributed by atoms with Crippen LogP contribution in [0.5, 0.6) is 5.75 Å². The van der Waals surface area contributed by atoms with Crippen LogP contribution in [0, 0.1) is 0 Å². The van der Waals surface area contributed by atoms with Gasteiger partial charge in [-0.2, -0.15) is 0 Å². The third-order valence-electron chi connectivity index (χ3n) is 7.15. The van der Waals surface area contributed by atoms with E-state index < -0.39 is 12.4 Å². The molecular formula is C30H39Cl2N3O5. The van der Waals surface area contributed by atoms with E-state index in [1.165, 1.54) is 0 Å². The zero-order valence-corrected chi connectivity index (χ0v) is 24.6. The normalized spacial score (nSPS) is 17.1. The molecule has 1 unspecified atom stereocenters. The molecule has 0 aromatic heterocycles. The number of carbonyl (C=O) groups excluding carboxylic acids is 1. The number of nitrogens with zero attached hydrogens (tertiary/aromatic N) is 3. The van der Waals surface area contributed by atoms with Crippen LogP contribution in [0.2, 0.25) is 10.0 Å². The van der Waals surface area contributed by atoms with Crippen LogP contribution >= 0.6 is 23.2 Å². The highest BCUT2D eigenvalue weighted by atomic mass is 35.5. The number of hydrogen-bond donors (Lipinski definition) is 1. The lowest BCUT2D eigenvalue weighted by Gasteiger charge is -2.36. The summed E-state index contributed by atoms with van der Waals surface area (Å²) in [6.07, 6.45) is 6.67. The van der Waals surface area contributed by atoms with Gasteiger partial charge in [0.05, 0.1) is 34.6 Å². The van der Waals surface area contributed by atoms with Gasteiger partial charge in [0.2, 0.25) is 0 Å². The number of anilines is 2. The first-order valence-corrected chi connectivity index (χ1v) is 14.8. The fraction of sp³-hybridized carbons (Fsp3) is 0.500. The van der Waals surface area contributed by atoms with Gasteiger partial charge >= 0.3 is 6.16 Å². The van der Waals surface area contributed by atoms with Crippen molar-refractivity contribution in [3.63, 3.8) is 0 Å². The fourth-order valence-electron chi connectivity index (χ4n) is 4.83. The molecule has 1 fully saturated rings. The van der Waals surface area contributed by atoms with Crippen molar-refractivity contribution in [2.75, 3.05) is 62.5 Å². The molecule has 1 N–H and O–H groups in total. The largest absolute Gasteiger partial charge is 0.510 e. The Morgan fingerprint density at radius 3 is 2.58 bits per heavy atom. The molecule has 4 rings (SSSR count). The lowest BCUT2D eigenvalue weighted by molar-refractivity contribution is 0.0470. The molecule has 0 saturated carbocycles. The van der Waals surface area contributed by atoms with Gasteiger partial charge < -0.3 is 29.1 Å². The van der Waals surface area contributed by atoms with Gasteiger partial charge in [-0.3, -0.25) is 4.90 Å². The summed E-state index contributed by atoms with van der Waals surface area (Å²) < 4.78 is 16.4. The zero-order chi connectivity index (χ0) is 28.3. The summed E-state index contributed by atoms with van der Waals surface area (Å²) in [5.41, 5.74) is 2.66. The average Bonchev–Trinajstić information content (AvgIpc) is 2.96. The van der Waals surface area contributed by atoms with Crippen molar-refractivity contribution in [1.82, 2.24) is 4.90 Å². The van der Waals surface area contributed by atoms with Crippen molar-refractivity contribution in [1.29, 1.82) is 0 Å². The number of halogens is 2. The van der Waals surface area contributed by atoms with Gasteiger partial charge in [0.1, 0.15) is 12.0 Å². The minimum atomic E-state index is -0.911. The van der Waals surface area contributed by atoms with E-state index >= 15 is 0 Å². The Labute approximate surface area is 247 Å². The molecule has 1 atom stereocenters. The number of fused-ring (bicyclic) bond motifs is 1. The maximum Gasteiger partial charge on any atom is 0.510 e. The van der Waals surface area contributed by atoms with Crippen molar-refractivity contribution >= 4 is 46.8 Å². The highest BCUT2D eigenvalue weighted by Crippen LogP contribution is 2.33. The highest BCUT2D eigenvalue weighted by Gasteiger charge is 2.23. The molecule has 10 heteroatoms. The average molecular weight is 593 g/mol. The molecule has 40 heavy (non-hydrogen) atoms. The summed E-state index contributed by atoms with van der Waals surface area (Å²) >= 11 is 12.6. The number of benzene rings is 2. The molecule has 218 valence electrons. The molecular weight excluding hydrogens is 553 g/mol. The molecule has 0 bridgehead atoms. The van der Waals surface area contributed by atoms with Crippen molar-refractivity contribution in [3.8, 4) is 5.75 Å². The molecule has 2 aliphatic heterocycles. The van der Waals surface area contributed by atoms with Crippen LogP contribution in [0.3, 0.4) is 0 Å². The first-order valence-electron chi connectivity index (χ1n) is 14.1. The molecule has 2 aromatic carbocycles. The molecule has 0 amide bonds. The van der Waals surface area contributed by atoms with Crippen LogP contribution in [0.4, 0.5) is 16.2 Å². The maximum atomic E-state index is 11.9. The minimum absolute atomic E-state index is 0.120. The van der Waals surface area contributed by atoms with E-state index in [9.17, 15) is 9.90 Å². The number of hydrogen-bond acceptors (Lipinski definition) is 8. The summed E-state index contributed by atoms with van der Waals surface area (Å²) in [6.45, 7) is 7.71. The number of rotatable bonds is 13. The molecule has 2 aromatic rings. The Kier molecular flexibility index (Phi) is 11.7. The van der Waals surface area contributed by atoms with E-state index in [-0.39, 0.29) is 6.73 Å². The van der Waals surface area contributed by atoms with Crippen molar-refractivity contribution < 1.29 is 24.1 Å². The van der Waals surface area contributed by atoms with Crippen LogP contribution in [0.15, 0.2) is 42.5 Å². The van der Waals surface area contributed by atoms with Crippen LogP contribution in [0.1, 0.15) is 44.6 Å². The molecule has 2 aliphatic rings. The van der Waals surface area contributed by atoms with E-state index in [2.05, 4.69) is 16.7 Å². The van der Waals surface area contributed by atoms with Crippen molar-refractivity contribution in [2.24, 2.45) is 0 Å². The van der Waals surface area contributed by atoms with E-state index in [0.29, 0.717) is 29.0 Å². The Morgan fingerprint density at radius 1 is 0.975 bits per heavy atom. The predicted octanol–water partition coefficient (Wildman–Crippen LogP) is 6.43. The topological polar surface area (TPSA) is 74.7 Å². The van der Waals surface area contributed by atoms with Crippen LogP contribution in [-0.2, 0) is 9.47 Å². The van der Waals surface area contributed by atoms with Gasteiger partial charge in [0.15, 0.2) is 6.73 Å². The summed E-state index contributed by atoms with van der Waals surface area (Å²) in [7, 11) is 0. The molecule has 0 spiro atoms. The maximum absolute atomic E-state index is 11.9. The summed E-state index contributed by atoms with van der Waals surface area (Å²) in [4.78, 5) is 18.3. The zero-order valence-electron chi connectivity index (χ0n) is 23.1. The SMILES string of the molecule is CCCCCOC(=O)OCN1c2cc(OCCCCN3CCN(c4cccc(Cl)c4Cl)CC3)ccc2C=CC1O. The third-order valence-corrected chi connectivity index (χ3v) is 7.96. The molecule has 8 nitrogen and oxygen atoms in total. The Bertz CT molecular complexity index is 1140. The fourth-order valence-corrected chi connectivity index (χ4v) is 5.25. The molecule has 1 saturated heterocycles. The number of unbranched alkanes of at least 4 members (excludes halogenated alkanes) is 3. The number of ether oxygens (including phenoxy) is 3. The monoisotopic (exact) mass is 591 g/mol. The second kappa shape index (κ2) is 15.4. The standard InChI is InChI=1S/C30H39Cl2N3O5/c1-2-3-5-20-39-30(37)40-22-35-27-21-24(12-10-23(27)11-13-28(35)36)38-19-6-4-14-33-15-17-34(18-16-33)26-9-7-8-25(31)29(26)32/h7-13,21,28,36H,2-6,14-20,22H2,1H3. The van der Waals surface area contributed by atoms with Gasteiger partial charge in [0, 0.05) is 32.2 Å². The predicted molar refractivity (Wildman–Crippen MR) is 161 cm³/mol. The summed E-state index contributed by atoms with van der Waals surface area (Å²) in [5.74, 6) is 0.709. The van der Waals surface area contributed by atoms with E-state index in [0.717, 1.165) is 81.8 Å². The molecule has 0 aliphatic carbocycles. The summed E-state index contributed by atoms with van der Waals surface area (Å²) in [5, 5.41) is 11.7. The Hall–Kier alpha value is -2.65. The van der Waals surface area contributed by atoms with Gasteiger partial charge in [0.25, 0.3) is 0 Å². The van der Waals surface area contributed by atoms with Crippen LogP contribution in [-0.4, -0.2) is 75.1 Å².